The Labute approximate surface area is 78.2 Å². The molecule has 6 heteroatoms. The maximum Gasteiger partial charge on any atom is 0.341 e. The molecule has 1 rings (SSSR count). The van der Waals surface area contributed by atoms with Crippen molar-refractivity contribution in [1.29, 1.82) is 0 Å². The van der Waals surface area contributed by atoms with Crippen molar-refractivity contribution in [2.24, 2.45) is 0 Å². The Balaban J connectivity index is 3.49. The first-order valence-corrected chi connectivity index (χ1v) is 3.53. The van der Waals surface area contributed by atoms with E-state index >= 15 is 0 Å². The maximum atomic E-state index is 10.6. The molecular formula is C8H7NO5. The Hall–Kier alpha value is -2.24. The van der Waals surface area contributed by atoms with Gasteiger partial charge in [0.05, 0.1) is 11.3 Å². The zero-order valence-corrected chi connectivity index (χ0v) is 6.89. The Morgan fingerprint density at radius 3 is 2.14 bits per heavy atom. The van der Waals surface area contributed by atoms with Crippen LogP contribution in [0.2, 0.25) is 0 Å². The molecule has 6 nitrogen and oxygen atoms in total. The van der Waals surface area contributed by atoms with Crippen LogP contribution in [0.1, 0.15) is 20.7 Å². The minimum Gasteiger partial charge on any atom is -0.507 e. The van der Waals surface area contributed by atoms with Gasteiger partial charge in [-0.3, -0.25) is 0 Å². The van der Waals surface area contributed by atoms with Crippen molar-refractivity contribution >= 4 is 17.6 Å². The number of hydrogen-bond acceptors (Lipinski definition) is 4. The van der Waals surface area contributed by atoms with E-state index in [9.17, 15) is 9.59 Å². The van der Waals surface area contributed by atoms with Gasteiger partial charge in [0.1, 0.15) is 11.3 Å². The van der Waals surface area contributed by atoms with Crippen LogP contribution in [-0.2, 0) is 0 Å². The first-order chi connectivity index (χ1) is 6.45. The minimum atomic E-state index is -1.47. The number of anilines is 1. The van der Waals surface area contributed by atoms with Gasteiger partial charge in [-0.1, -0.05) is 0 Å². The van der Waals surface area contributed by atoms with E-state index in [4.69, 9.17) is 21.1 Å². The van der Waals surface area contributed by atoms with Crippen LogP contribution in [-0.4, -0.2) is 27.3 Å². The Morgan fingerprint density at radius 2 is 1.71 bits per heavy atom. The summed E-state index contributed by atoms with van der Waals surface area (Å²) < 4.78 is 0. The summed E-state index contributed by atoms with van der Waals surface area (Å²) in [7, 11) is 0. The summed E-state index contributed by atoms with van der Waals surface area (Å²) in [5.41, 5.74) is 3.87. The van der Waals surface area contributed by atoms with Gasteiger partial charge in [-0.05, 0) is 12.1 Å². The van der Waals surface area contributed by atoms with Crippen molar-refractivity contribution in [2.75, 3.05) is 5.73 Å². The molecule has 0 bridgehead atoms. The first-order valence-electron chi connectivity index (χ1n) is 3.53. The maximum absolute atomic E-state index is 10.6. The number of phenols is 1. The van der Waals surface area contributed by atoms with Gasteiger partial charge in [0.15, 0.2) is 0 Å². The fraction of sp³-hybridized carbons (Fsp3) is 0. The van der Waals surface area contributed by atoms with Gasteiger partial charge in [0.2, 0.25) is 0 Å². The SMILES string of the molecule is Nc1c(C(=O)O)ccc(O)c1C(=O)O. The van der Waals surface area contributed by atoms with Gasteiger partial charge < -0.3 is 21.1 Å². The molecule has 0 heterocycles. The van der Waals surface area contributed by atoms with Crippen LogP contribution in [0.25, 0.3) is 0 Å². The Morgan fingerprint density at radius 1 is 1.14 bits per heavy atom. The van der Waals surface area contributed by atoms with Crippen LogP contribution in [0.5, 0.6) is 5.75 Å². The van der Waals surface area contributed by atoms with Crippen molar-refractivity contribution < 1.29 is 24.9 Å². The van der Waals surface area contributed by atoms with Crippen LogP contribution >= 0.6 is 0 Å². The average Bonchev–Trinajstić information content (AvgIpc) is 2.02. The van der Waals surface area contributed by atoms with Crippen LogP contribution in [0.15, 0.2) is 12.1 Å². The summed E-state index contributed by atoms with van der Waals surface area (Å²) >= 11 is 0. The monoisotopic (exact) mass is 197 g/mol. The van der Waals surface area contributed by atoms with Gasteiger partial charge in [-0.2, -0.15) is 0 Å². The number of aromatic hydroxyl groups is 1. The quantitative estimate of drug-likeness (QED) is 0.508. The third-order valence-electron chi connectivity index (χ3n) is 1.67. The lowest BCUT2D eigenvalue weighted by Gasteiger charge is -2.06. The Bertz CT molecular complexity index is 412. The molecule has 0 aliphatic carbocycles. The van der Waals surface area contributed by atoms with E-state index in [1.165, 1.54) is 0 Å². The predicted octanol–water partition coefficient (Wildman–Crippen LogP) is 0.371. The van der Waals surface area contributed by atoms with Gasteiger partial charge in [0, 0.05) is 0 Å². The second-order valence-electron chi connectivity index (χ2n) is 2.53. The number of hydrogen-bond donors (Lipinski definition) is 4. The van der Waals surface area contributed by atoms with E-state index in [-0.39, 0.29) is 5.56 Å². The molecule has 0 unspecified atom stereocenters. The molecule has 0 fully saturated rings. The zero-order chi connectivity index (χ0) is 10.9. The predicted molar refractivity (Wildman–Crippen MR) is 46.4 cm³/mol. The third kappa shape index (κ3) is 1.45. The lowest BCUT2D eigenvalue weighted by molar-refractivity contribution is 0.0694. The number of aromatic carboxylic acids is 2. The molecule has 0 saturated heterocycles. The van der Waals surface area contributed by atoms with E-state index in [1.54, 1.807) is 0 Å². The number of carboxylic acids is 2. The van der Waals surface area contributed by atoms with Crippen molar-refractivity contribution in [3.63, 3.8) is 0 Å². The van der Waals surface area contributed by atoms with Crippen molar-refractivity contribution in [1.82, 2.24) is 0 Å². The molecule has 0 saturated carbocycles. The number of carbonyl (C=O) groups is 2. The number of nitrogens with two attached hydrogens (primary N) is 1. The molecule has 0 amide bonds. The highest BCUT2D eigenvalue weighted by molar-refractivity contribution is 6.04. The fourth-order valence-corrected chi connectivity index (χ4v) is 1.02. The van der Waals surface area contributed by atoms with Crippen LogP contribution in [0, 0.1) is 0 Å². The molecule has 1 aromatic carbocycles. The molecule has 0 atom stereocenters. The molecule has 0 spiro atoms. The highest BCUT2D eigenvalue weighted by atomic mass is 16.4. The molecular weight excluding hydrogens is 190 g/mol. The van der Waals surface area contributed by atoms with E-state index in [1.807, 2.05) is 0 Å². The molecule has 0 aliphatic heterocycles. The van der Waals surface area contributed by atoms with E-state index < -0.39 is 28.9 Å². The average molecular weight is 197 g/mol. The lowest BCUT2D eigenvalue weighted by Crippen LogP contribution is -2.09. The zero-order valence-electron chi connectivity index (χ0n) is 6.89. The smallest absolute Gasteiger partial charge is 0.341 e. The molecule has 14 heavy (non-hydrogen) atoms. The molecule has 5 N–H and O–H groups in total. The molecule has 1 aromatic rings. The highest BCUT2D eigenvalue weighted by Crippen LogP contribution is 2.26. The molecule has 0 aliphatic rings. The second kappa shape index (κ2) is 3.25. The van der Waals surface area contributed by atoms with Crippen molar-refractivity contribution in [3.8, 4) is 5.75 Å². The molecule has 0 radical (unpaired) electrons. The summed E-state index contributed by atoms with van der Waals surface area (Å²) in [6, 6.07) is 2.02. The van der Waals surface area contributed by atoms with Gasteiger partial charge in [-0.25, -0.2) is 9.59 Å². The van der Waals surface area contributed by atoms with Crippen molar-refractivity contribution in [2.45, 2.75) is 0 Å². The normalized spacial score (nSPS) is 9.71. The standard InChI is InChI=1S/C8H7NO5/c9-6-3(7(11)12)1-2-4(10)5(6)8(13)14/h1-2,10H,9H2,(H,11,12)(H,13,14). The van der Waals surface area contributed by atoms with Crippen LogP contribution < -0.4 is 5.73 Å². The largest absolute Gasteiger partial charge is 0.507 e. The number of nitrogen functional groups attached to an aromatic ring is 1. The van der Waals surface area contributed by atoms with E-state index in [0.717, 1.165) is 12.1 Å². The Kier molecular flexibility index (Phi) is 2.29. The van der Waals surface area contributed by atoms with Crippen LogP contribution in [0.3, 0.4) is 0 Å². The topological polar surface area (TPSA) is 121 Å². The molecule has 0 aromatic heterocycles. The third-order valence-corrected chi connectivity index (χ3v) is 1.67. The van der Waals surface area contributed by atoms with Crippen LogP contribution in [0.4, 0.5) is 5.69 Å². The summed E-state index contributed by atoms with van der Waals surface area (Å²) in [4.78, 5) is 21.1. The number of rotatable bonds is 2. The van der Waals surface area contributed by atoms with Gasteiger partial charge >= 0.3 is 11.9 Å². The summed E-state index contributed by atoms with van der Waals surface area (Å²) in [6.07, 6.45) is 0. The number of carboxylic acid groups (broad SMARTS) is 2. The highest BCUT2D eigenvalue weighted by Gasteiger charge is 2.19. The van der Waals surface area contributed by atoms with Gasteiger partial charge in [0.25, 0.3) is 0 Å². The first kappa shape index (κ1) is 9.85. The van der Waals surface area contributed by atoms with E-state index in [2.05, 4.69) is 0 Å². The summed E-state index contributed by atoms with van der Waals surface area (Å²) in [5, 5.41) is 26.3. The van der Waals surface area contributed by atoms with Crippen molar-refractivity contribution in [3.05, 3.63) is 23.3 Å². The number of benzene rings is 1. The summed E-state index contributed by atoms with van der Waals surface area (Å²) in [5.74, 6) is -3.37. The lowest BCUT2D eigenvalue weighted by atomic mass is 10.1. The summed E-state index contributed by atoms with van der Waals surface area (Å²) in [6.45, 7) is 0. The minimum absolute atomic E-state index is 0.347. The van der Waals surface area contributed by atoms with E-state index in [0.29, 0.717) is 0 Å². The molecule has 74 valence electrons. The fourth-order valence-electron chi connectivity index (χ4n) is 1.02. The second-order valence-corrected chi connectivity index (χ2v) is 2.53. The van der Waals surface area contributed by atoms with Gasteiger partial charge in [-0.15, -0.1) is 0 Å².